The maximum absolute atomic E-state index is 12.6. The molecule has 2 aromatic rings. The molecule has 0 aromatic heterocycles. The quantitative estimate of drug-likeness (QED) is 0.420. The Labute approximate surface area is 198 Å². The number of methoxy groups -OCH3 is 1. The summed E-state index contributed by atoms with van der Waals surface area (Å²) in [4.78, 5) is 37.8. The number of amides is 2. The molecule has 2 N–H and O–H groups in total. The van der Waals surface area contributed by atoms with Crippen molar-refractivity contribution in [3.8, 4) is 5.75 Å². The Morgan fingerprint density at radius 2 is 1.82 bits per heavy atom. The van der Waals surface area contributed by atoms with E-state index in [0.717, 1.165) is 19.3 Å². The van der Waals surface area contributed by atoms with Crippen molar-refractivity contribution in [2.75, 3.05) is 24.8 Å². The number of carbonyl (C=O) groups excluding carboxylic acids is 3. The van der Waals surface area contributed by atoms with Gasteiger partial charge in [-0.2, -0.15) is 0 Å². The predicted molar refractivity (Wildman–Crippen MR) is 129 cm³/mol. The molecule has 0 saturated heterocycles. The highest BCUT2D eigenvalue weighted by atomic mass is 32.2. The Balaban J connectivity index is 1.50. The van der Waals surface area contributed by atoms with Crippen LogP contribution in [0.5, 0.6) is 5.75 Å². The molecule has 1 aliphatic rings. The van der Waals surface area contributed by atoms with Crippen molar-refractivity contribution in [1.29, 1.82) is 0 Å². The van der Waals surface area contributed by atoms with E-state index in [0.29, 0.717) is 27.8 Å². The highest BCUT2D eigenvalue weighted by Crippen LogP contribution is 2.25. The number of hydrogen-bond acceptors (Lipinski definition) is 6. The van der Waals surface area contributed by atoms with Crippen LogP contribution < -0.4 is 15.4 Å². The summed E-state index contributed by atoms with van der Waals surface area (Å²) in [6.07, 6.45) is 4.35. The molecule has 0 bridgehead atoms. The molecule has 2 atom stereocenters. The standard InChI is InChI=1S/C25H30N2O5S/c1-17-8-3-5-12-21(17)27-23(28)15-32-25(30)20-11-4-6-13-22(20)33-16-24(29)26-18-9-7-10-19(14-18)31-2/h4,6-7,9-11,13-14,17,21H,3,5,8,12,15-16H2,1-2H3,(H,26,29)(H,27,28)/t17-,21-/m1/s1. The minimum Gasteiger partial charge on any atom is -0.497 e. The van der Waals surface area contributed by atoms with Gasteiger partial charge in [-0.05, 0) is 43.0 Å². The summed E-state index contributed by atoms with van der Waals surface area (Å²) >= 11 is 1.23. The largest absolute Gasteiger partial charge is 0.497 e. The van der Waals surface area contributed by atoms with Gasteiger partial charge in [-0.3, -0.25) is 9.59 Å². The van der Waals surface area contributed by atoms with Crippen molar-refractivity contribution in [2.24, 2.45) is 5.92 Å². The molecule has 0 aliphatic heterocycles. The van der Waals surface area contributed by atoms with Crippen molar-refractivity contribution in [3.63, 3.8) is 0 Å². The molecule has 0 spiro atoms. The van der Waals surface area contributed by atoms with Gasteiger partial charge in [0, 0.05) is 22.7 Å². The van der Waals surface area contributed by atoms with E-state index in [1.807, 2.05) is 0 Å². The molecule has 1 aliphatic carbocycles. The Hall–Kier alpha value is -3.00. The number of nitrogens with one attached hydrogen (secondary N) is 2. The highest BCUT2D eigenvalue weighted by molar-refractivity contribution is 8.00. The van der Waals surface area contributed by atoms with Crippen LogP contribution in [0.15, 0.2) is 53.4 Å². The molecule has 1 saturated carbocycles. The normalized spacial score (nSPS) is 17.6. The van der Waals surface area contributed by atoms with Gasteiger partial charge in [-0.25, -0.2) is 4.79 Å². The zero-order valence-electron chi connectivity index (χ0n) is 19.0. The fraction of sp³-hybridized carbons (Fsp3) is 0.400. The summed E-state index contributed by atoms with van der Waals surface area (Å²) in [7, 11) is 1.56. The first-order valence-corrected chi connectivity index (χ1v) is 12.1. The molecular formula is C25H30N2O5S. The molecule has 0 unspecified atom stereocenters. The third-order valence-corrected chi connectivity index (χ3v) is 6.68. The molecule has 3 rings (SSSR count). The van der Waals surface area contributed by atoms with Gasteiger partial charge in [0.1, 0.15) is 5.75 Å². The number of carbonyl (C=O) groups is 3. The van der Waals surface area contributed by atoms with Gasteiger partial charge in [0.2, 0.25) is 5.91 Å². The van der Waals surface area contributed by atoms with Gasteiger partial charge >= 0.3 is 5.97 Å². The van der Waals surface area contributed by atoms with E-state index in [1.165, 1.54) is 18.2 Å². The van der Waals surface area contributed by atoms with Gasteiger partial charge in [-0.15, -0.1) is 11.8 Å². The third kappa shape index (κ3) is 7.53. The van der Waals surface area contributed by atoms with E-state index in [4.69, 9.17) is 9.47 Å². The van der Waals surface area contributed by atoms with Crippen molar-refractivity contribution in [1.82, 2.24) is 5.32 Å². The number of benzene rings is 2. The average molecular weight is 471 g/mol. The summed E-state index contributed by atoms with van der Waals surface area (Å²) in [5.41, 5.74) is 0.960. The lowest BCUT2D eigenvalue weighted by Gasteiger charge is -2.29. The summed E-state index contributed by atoms with van der Waals surface area (Å²) in [5.74, 6) is 0.108. The monoisotopic (exact) mass is 470 g/mol. The van der Waals surface area contributed by atoms with Gasteiger partial charge in [-0.1, -0.05) is 38.0 Å². The van der Waals surface area contributed by atoms with E-state index in [9.17, 15) is 14.4 Å². The fourth-order valence-corrected chi connectivity index (χ4v) is 4.63. The molecule has 2 aromatic carbocycles. The van der Waals surface area contributed by atoms with Gasteiger partial charge in [0.25, 0.3) is 5.91 Å². The van der Waals surface area contributed by atoms with Crippen LogP contribution in [-0.4, -0.2) is 43.3 Å². The van der Waals surface area contributed by atoms with Gasteiger partial charge in [0.15, 0.2) is 6.61 Å². The number of ether oxygens (including phenoxy) is 2. The first-order chi connectivity index (χ1) is 16.0. The average Bonchev–Trinajstić information content (AvgIpc) is 2.83. The van der Waals surface area contributed by atoms with Crippen molar-refractivity contribution < 1.29 is 23.9 Å². The van der Waals surface area contributed by atoms with Crippen molar-refractivity contribution in [2.45, 2.75) is 43.5 Å². The summed E-state index contributed by atoms with van der Waals surface area (Å²) in [6.45, 7) is 1.81. The van der Waals surface area contributed by atoms with E-state index in [1.54, 1.807) is 55.6 Å². The number of anilines is 1. The van der Waals surface area contributed by atoms with E-state index < -0.39 is 5.97 Å². The van der Waals surface area contributed by atoms with Crippen molar-refractivity contribution >= 4 is 35.2 Å². The van der Waals surface area contributed by atoms with Crippen LogP contribution in [0, 0.1) is 5.92 Å². The highest BCUT2D eigenvalue weighted by Gasteiger charge is 2.23. The summed E-state index contributed by atoms with van der Waals surface area (Å²) < 4.78 is 10.4. The Bertz CT molecular complexity index is 981. The second-order valence-electron chi connectivity index (χ2n) is 8.08. The Morgan fingerprint density at radius 1 is 1.03 bits per heavy atom. The first kappa shape index (κ1) is 24.6. The lowest BCUT2D eigenvalue weighted by Crippen LogP contribution is -2.42. The van der Waals surface area contributed by atoms with Crippen LogP contribution in [-0.2, 0) is 14.3 Å². The molecular weight excluding hydrogens is 440 g/mol. The molecule has 7 nitrogen and oxygen atoms in total. The zero-order valence-corrected chi connectivity index (χ0v) is 19.8. The van der Waals surface area contributed by atoms with Crippen molar-refractivity contribution in [3.05, 3.63) is 54.1 Å². The smallest absolute Gasteiger partial charge is 0.339 e. The molecule has 0 heterocycles. The predicted octanol–water partition coefficient (Wildman–Crippen LogP) is 4.28. The maximum atomic E-state index is 12.6. The lowest BCUT2D eigenvalue weighted by atomic mass is 9.86. The molecule has 8 heteroatoms. The maximum Gasteiger partial charge on any atom is 0.339 e. The van der Waals surface area contributed by atoms with Gasteiger partial charge in [0.05, 0.1) is 18.4 Å². The summed E-state index contributed by atoms with van der Waals surface area (Å²) in [6, 6.07) is 14.1. The molecule has 0 radical (unpaired) electrons. The number of rotatable bonds is 9. The molecule has 2 amide bonds. The van der Waals surface area contributed by atoms with Crippen LogP contribution in [0.1, 0.15) is 43.0 Å². The first-order valence-electron chi connectivity index (χ1n) is 11.1. The van der Waals surface area contributed by atoms with E-state index in [2.05, 4.69) is 17.6 Å². The number of esters is 1. The lowest BCUT2D eigenvalue weighted by molar-refractivity contribution is -0.125. The Morgan fingerprint density at radius 3 is 2.61 bits per heavy atom. The van der Waals surface area contributed by atoms with Crippen LogP contribution in [0.4, 0.5) is 5.69 Å². The number of hydrogen-bond donors (Lipinski definition) is 2. The van der Waals surface area contributed by atoms with Crippen LogP contribution in [0.25, 0.3) is 0 Å². The number of thioether (sulfide) groups is 1. The minimum atomic E-state index is -0.585. The summed E-state index contributed by atoms with van der Waals surface area (Å²) in [5, 5.41) is 5.79. The Kier molecular flexibility index (Phi) is 9.18. The second kappa shape index (κ2) is 12.3. The molecule has 33 heavy (non-hydrogen) atoms. The minimum absolute atomic E-state index is 0.113. The van der Waals surface area contributed by atoms with Gasteiger partial charge < -0.3 is 20.1 Å². The topological polar surface area (TPSA) is 93.7 Å². The third-order valence-electron chi connectivity index (χ3n) is 5.61. The second-order valence-corrected chi connectivity index (χ2v) is 9.09. The van der Waals surface area contributed by atoms with E-state index in [-0.39, 0.29) is 30.2 Å². The molecule has 176 valence electrons. The van der Waals surface area contributed by atoms with Crippen LogP contribution in [0.3, 0.4) is 0 Å². The molecule has 1 fully saturated rings. The SMILES string of the molecule is COc1cccc(NC(=O)CSc2ccccc2C(=O)OCC(=O)N[C@@H]2CCCC[C@H]2C)c1. The fourth-order valence-electron chi connectivity index (χ4n) is 3.79. The van der Waals surface area contributed by atoms with Crippen LogP contribution >= 0.6 is 11.8 Å². The van der Waals surface area contributed by atoms with Crippen LogP contribution in [0.2, 0.25) is 0 Å². The van der Waals surface area contributed by atoms with E-state index >= 15 is 0 Å². The zero-order chi connectivity index (χ0) is 23.6.